The monoisotopic (exact) mass is 342 g/mol. The lowest BCUT2D eigenvalue weighted by Crippen LogP contribution is -3.08. The summed E-state index contributed by atoms with van der Waals surface area (Å²) in [6.45, 7) is 6.25. The van der Waals surface area contributed by atoms with E-state index in [9.17, 15) is 5.21 Å². The Morgan fingerprint density at radius 3 is 2.76 bits per heavy atom. The van der Waals surface area contributed by atoms with Crippen LogP contribution in [0.25, 0.3) is 16.7 Å². The number of aromatic nitrogens is 2. The normalized spacial score (nSPS) is 21.4. The summed E-state index contributed by atoms with van der Waals surface area (Å²) in [5.41, 5.74) is 2.12. The van der Waals surface area contributed by atoms with Crippen LogP contribution in [-0.2, 0) is 4.74 Å². The number of nitrogens with one attached hydrogen (secondary N) is 1. The lowest BCUT2D eigenvalue weighted by Gasteiger charge is -2.38. The number of hydroxylamine groups is 1. The van der Waals surface area contributed by atoms with Gasteiger partial charge in [0.05, 0.1) is 12.8 Å². The van der Waals surface area contributed by atoms with Gasteiger partial charge in [-0.05, 0) is 43.2 Å². The van der Waals surface area contributed by atoms with Crippen LogP contribution in [0.2, 0.25) is 0 Å². The van der Waals surface area contributed by atoms with Gasteiger partial charge in [0.15, 0.2) is 12.0 Å². The molecule has 0 spiro atoms. The molecular formula is C17H18N4O4. The fraction of sp³-hybridized carbons (Fsp3) is 0.294. The van der Waals surface area contributed by atoms with Gasteiger partial charge in [-0.25, -0.2) is 9.80 Å². The fourth-order valence-electron chi connectivity index (χ4n) is 2.93. The van der Waals surface area contributed by atoms with Gasteiger partial charge in [-0.2, -0.15) is 5.01 Å². The second kappa shape index (κ2) is 5.61. The van der Waals surface area contributed by atoms with Crippen LogP contribution in [0.3, 0.4) is 0 Å². The summed E-state index contributed by atoms with van der Waals surface area (Å²) in [4.78, 5) is 0. The third-order valence-corrected chi connectivity index (χ3v) is 3.95. The maximum absolute atomic E-state index is 12.6. The van der Waals surface area contributed by atoms with E-state index in [1.54, 1.807) is 23.4 Å². The number of benzene rings is 1. The number of rotatable bonds is 3. The first-order valence-corrected chi connectivity index (χ1v) is 8.01. The van der Waals surface area contributed by atoms with Crippen molar-refractivity contribution in [1.29, 1.82) is 0 Å². The number of fused-ring (bicyclic) bond motifs is 2. The van der Waals surface area contributed by atoms with E-state index in [-0.39, 0.29) is 5.17 Å². The van der Waals surface area contributed by atoms with Crippen LogP contribution < -0.4 is 9.91 Å². The van der Waals surface area contributed by atoms with Crippen molar-refractivity contribution < 1.29 is 19.3 Å². The van der Waals surface area contributed by atoms with Crippen molar-refractivity contribution in [2.75, 3.05) is 6.61 Å². The minimum absolute atomic E-state index is 0.181. The van der Waals surface area contributed by atoms with Crippen molar-refractivity contribution in [1.82, 2.24) is 15.3 Å². The highest BCUT2D eigenvalue weighted by Crippen LogP contribution is 2.39. The van der Waals surface area contributed by atoms with Gasteiger partial charge in [0, 0.05) is 17.7 Å². The molecule has 1 N–H and O–H groups in total. The molecule has 0 saturated heterocycles. The molecule has 2 aromatic rings. The van der Waals surface area contributed by atoms with Crippen LogP contribution in [-0.4, -0.2) is 27.5 Å². The maximum Gasteiger partial charge on any atom is 0.176 e. The van der Waals surface area contributed by atoms with Gasteiger partial charge in [0.25, 0.3) is 0 Å². The topological polar surface area (TPSA) is 88.1 Å². The molecule has 0 amide bonds. The zero-order chi connectivity index (χ0) is 17.6. The standard InChI is InChI=1S/C17H18N4O4/c1-4-23-11-5-6-20(21(22)10-11)15-9-17(2,3)24-16-8-14-13(7-12(15)16)18-25-19-14/h5-10,21H,4H2,1-3H3. The van der Waals surface area contributed by atoms with Crippen molar-refractivity contribution in [3.05, 3.63) is 53.2 Å². The quantitative estimate of drug-likeness (QED) is 0.850. The predicted octanol–water partition coefficient (Wildman–Crippen LogP) is 1.74. The zero-order valence-electron chi connectivity index (χ0n) is 14.1. The lowest BCUT2D eigenvalue weighted by atomic mass is 9.98. The van der Waals surface area contributed by atoms with Crippen molar-refractivity contribution in [2.24, 2.45) is 0 Å². The molecule has 130 valence electrons. The summed E-state index contributed by atoms with van der Waals surface area (Å²) in [7, 11) is 0. The van der Waals surface area contributed by atoms with Gasteiger partial charge < -0.3 is 14.7 Å². The minimum Gasteiger partial charge on any atom is -0.603 e. The van der Waals surface area contributed by atoms with Crippen LogP contribution in [0, 0.1) is 5.21 Å². The molecule has 0 saturated carbocycles. The maximum atomic E-state index is 12.6. The average molecular weight is 342 g/mol. The molecule has 8 nitrogen and oxygen atoms in total. The van der Waals surface area contributed by atoms with Gasteiger partial charge in [0.2, 0.25) is 0 Å². The molecule has 0 fully saturated rings. The summed E-state index contributed by atoms with van der Waals surface area (Å²) >= 11 is 0. The van der Waals surface area contributed by atoms with Crippen molar-refractivity contribution in [3.63, 3.8) is 0 Å². The van der Waals surface area contributed by atoms with Gasteiger partial charge in [-0.1, -0.05) is 0 Å². The Hall–Kier alpha value is -2.84. The number of quaternary nitrogens is 1. The highest BCUT2D eigenvalue weighted by molar-refractivity contribution is 5.84. The molecule has 0 radical (unpaired) electrons. The van der Waals surface area contributed by atoms with Gasteiger partial charge in [-0.3, -0.25) is 0 Å². The average Bonchev–Trinajstić information content (AvgIpc) is 2.99. The van der Waals surface area contributed by atoms with Crippen molar-refractivity contribution in [2.45, 2.75) is 26.4 Å². The summed E-state index contributed by atoms with van der Waals surface area (Å²) in [6, 6.07) is 3.58. The number of allylic oxidation sites excluding steroid dienone is 1. The largest absolute Gasteiger partial charge is 0.603 e. The predicted molar refractivity (Wildman–Crippen MR) is 89.5 cm³/mol. The summed E-state index contributed by atoms with van der Waals surface area (Å²) in [5.74, 6) is 1.18. The fourth-order valence-corrected chi connectivity index (χ4v) is 2.93. The van der Waals surface area contributed by atoms with Crippen molar-refractivity contribution >= 4 is 16.7 Å². The van der Waals surface area contributed by atoms with Crippen LogP contribution in [0.15, 0.2) is 47.1 Å². The third-order valence-electron chi connectivity index (χ3n) is 3.95. The van der Waals surface area contributed by atoms with E-state index in [0.29, 0.717) is 29.1 Å². The smallest absolute Gasteiger partial charge is 0.176 e. The Kier molecular flexibility index (Phi) is 3.52. The van der Waals surface area contributed by atoms with Gasteiger partial charge in [-0.15, -0.1) is 0 Å². The van der Waals surface area contributed by atoms with Crippen LogP contribution in [0.4, 0.5) is 0 Å². The number of hydrogen-bond acceptors (Lipinski definition) is 7. The minimum atomic E-state index is -0.578. The van der Waals surface area contributed by atoms with E-state index in [2.05, 4.69) is 10.3 Å². The molecule has 1 atom stereocenters. The first-order valence-electron chi connectivity index (χ1n) is 8.01. The Labute approximate surface area is 144 Å². The van der Waals surface area contributed by atoms with Crippen molar-refractivity contribution in [3.8, 4) is 5.75 Å². The molecule has 1 unspecified atom stereocenters. The SMILES string of the molecule is CCOC1=C[NH+]([O-])N(C2=CC(C)(C)Oc3cc4nonc4cc32)C=C1. The lowest BCUT2D eigenvalue weighted by molar-refractivity contribution is -0.903. The second-order valence-electron chi connectivity index (χ2n) is 6.34. The highest BCUT2D eigenvalue weighted by Gasteiger charge is 2.32. The first-order chi connectivity index (χ1) is 12.0. The number of nitrogens with zero attached hydrogens (tertiary/aromatic N) is 3. The molecule has 1 aromatic carbocycles. The Morgan fingerprint density at radius 2 is 2.04 bits per heavy atom. The molecule has 8 heteroatoms. The zero-order valence-corrected chi connectivity index (χ0v) is 14.1. The second-order valence-corrected chi connectivity index (χ2v) is 6.34. The molecule has 3 heterocycles. The van der Waals surface area contributed by atoms with Crippen LogP contribution in [0.1, 0.15) is 26.3 Å². The highest BCUT2D eigenvalue weighted by atomic mass is 16.6. The molecule has 0 aliphatic carbocycles. The molecule has 1 aromatic heterocycles. The molecular weight excluding hydrogens is 324 g/mol. The molecule has 2 aliphatic heterocycles. The number of ether oxygens (including phenoxy) is 2. The Balaban J connectivity index is 1.79. The molecule has 0 bridgehead atoms. The third kappa shape index (κ3) is 2.75. The number of hydrogen-bond donors (Lipinski definition) is 1. The van der Waals surface area contributed by atoms with E-state index in [1.807, 2.05) is 32.9 Å². The van der Waals surface area contributed by atoms with E-state index < -0.39 is 5.60 Å². The Morgan fingerprint density at radius 1 is 1.28 bits per heavy atom. The van der Waals surface area contributed by atoms with E-state index in [4.69, 9.17) is 14.1 Å². The Bertz CT molecular complexity index is 913. The van der Waals surface area contributed by atoms with E-state index in [0.717, 1.165) is 11.3 Å². The molecule has 25 heavy (non-hydrogen) atoms. The van der Waals surface area contributed by atoms with E-state index in [1.165, 1.54) is 6.20 Å². The van der Waals surface area contributed by atoms with E-state index >= 15 is 0 Å². The molecule has 2 aliphatic rings. The van der Waals surface area contributed by atoms with Crippen LogP contribution >= 0.6 is 0 Å². The van der Waals surface area contributed by atoms with Crippen LogP contribution in [0.5, 0.6) is 5.75 Å². The van der Waals surface area contributed by atoms with Gasteiger partial charge in [0.1, 0.15) is 28.1 Å². The van der Waals surface area contributed by atoms with Gasteiger partial charge >= 0.3 is 0 Å². The summed E-state index contributed by atoms with van der Waals surface area (Å²) in [6.07, 6.45) is 6.86. The first kappa shape index (κ1) is 15.7. The molecule has 4 rings (SSSR count). The summed E-state index contributed by atoms with van der Waals surface area (Å²) < 4.78 is 16.2. The summed E-state index contributed by atoms with van der Waals surface area (Å²) in [5, 5.41) is 21.7.